The number of hydrogen-bond donors (Lipinski definition) is 1. The highest BCUT2D eigenvalue weighted by Crippen LogP contribution is 2.28. The summed E-state index contributed by atoms with van der Waals surface area (Å²) in [5.74, 6) is 0.516. The summed E-state index contributed by atoms with van der Waals surface area (Å²) in [6.45, 7) is 9.37. The van der Waals surface area contributed by atoms with Crippen LogP contribution in [0.3, 0.4) is 0 Å². The van der Waals surface area contributed by atoms with Gasteiger partial charge in [0, 0.05) is 24.4 Å². The topological polar surface area (TPSA) is 86.5 Å². The second-order valence-corrected chi connectivity index (χ2v) is 8.87. The number of carbonyl (C=O) groups is 1. The van der Waals surface area contributed by atoms with E-state index >= 15 is 0 Å². The molecule has 4 aromatic rings. The number of rotatable bonds is 9. The maximum Gasteiger partial charge on any atom is 0.336 e. The van der Waals surface area contributed by atoms with Gasteiger partial charge in [0.05, 0.1) is 40.5 Å². The van der Waals surface area contributed by atoms with E-state index in [9.17, 15) is 9.90 Å². The first-order valence-corrected chi connectivity index (χ1v) is 11.8. The molecule has 2 heterocycles. The molecule has 0 aliphatic rings. The number of halogens is 1. The van der Waals surface area contributed by atoms with Crippen LogP contribution in [0.2, 0.25) is 5.02 Å². The molecule has 35 heavy (non-hydrogen) atoms. The van der Waals surface area contributed by atoms with Gasteiger partial charge >= 0.3 is 5.97 Å². The SMILES string of the molecule is CCOCc1cnc(Cn2c(C)nc3c(C)cc(OCc4cccc(C)c4C(=O)O)cc32)c(Cl)c1. The van der Waals surface area contributed by atoms with Gasteiger partial charge in [-0.15, -0.1) is 0 Å². The van der Waals surface area contributed by atoms with Crippen molar-refractivity contribution in [2.45, 2.75) is 47.5 Å². The van der Waals surface area contributed by atoms with E-state index in [0.29, 0.717) is 41.7 Å². The predicted octanol–water partition coefficient (Wildman–Crippen LogP) is 5.87. The van der Waals surface area contributed by atoms with Crippen molar-refractivity contribution in [1.29, 1.82) is 0 Å². The summed E-state index contributed by atoms with van der Waals surface area (Å²) in [5, 5.41) is 10.2. The summed E-state index contributed by atoms with van der Waals surface area (Å²) in [6, 6.07) is 11.1. The first-order chi connectivity index (χ1) is 16.8. The van der Waals surface area contributed by atoms with Gasteiger partial charge in [-0.2, -0.15) is 0 Å². The Labute approximate surface area is 209 Å². The van der Waals surface area contributed by atoms with E-state index in [0.717, 1.165) is 33.7 Å². The highest BCUT2D eigenvalue weighted by molar-refractivity contribution is 6.31. The maximum absolute atomic E-state index is 11.7. The molecule has 2 aromatic carbocycles. The standard InChI is InChI=1S/C27H28ClN3O4/c1-5-34-14-19-10-22(28)23(29-12-19)13-31-18(4)30-26-17(3)9-21(11-24(26)31)35-15-20-8-6-7-16(2)25(20)27(32)33/h6-12H,5,13-15H2,1-4H3,(H,32,33). The van der Waals surface area contributed by atoms with Crippen molar-refractivity contribution < 1.29 is 19.4 Å². The Bertz CT molecular complexity index is 1400. The van der Waals surface area contributed by atoms with Crippen LogP contribution >= 0.6 is 11.6 Å². The second kappa shape index (κ2) is 10.5. The molecule has 0 spiro atoms. The number of aromatic carboxylic acids is 1. The van der Waals surface area contributed by atoms with Crippen LogP contribution in [0, 0.1) is 20.8 Å². The fraction of sp³-hybridized carbons (Fsp3) is 0.296. The zero-order valence-electron chi connectivity index (χ0n) is 20.3. The first kappa shape index (κ1) is 24.7. The minimum atomic E-state index is -0.960. The van der Waals surface area contributed by atoms with E-state index in [4.69, 9.17) is 26.1 Å². The summed E-state index contributed by atoms with van der Waals surface area (Å²) >= 11 is 6.54. The van der Waals surface area contributed by atoms with Crippen molar-refractivity contribution in [2.24, 2.45) is 0 Å². The fourth-order valence-electron chi connectivity index (χ4n) is 4.15. The molecule has 0 amide bonds. The molecule has 0 unspecified atom stereocenters. The Morgan fingerprint density at radius 3 is 2.63 bits per heavy atom. The van der Waals surface area contributed by atoms with Gasteiger partial charge in [-0.05, 0) is 56.5 Å². The zero-order valence-corrected chi connectivity index (χ0v) is 21.0. The molecule has 8 heteroatoms. The van der Waals surface area contributed by atoms with Crippen LogP contribution < -0.4 is 4.74 Å². The van der Waals surface area contributed by atoms with Crippen molar-refractivity contribution in [3.63, 3.8) is 0 Å². The van der Waals surface area contributed by atoms with Crippen molar-refractivity contribution in [2.75, 3.05) is 6.61 Å². The van der Waals surface area contributed by atoms with Gasteiger partial charge in [-0.3, -0.25) is 4.98 Å². The summed E-state index contributed by atoms with van der Waals surface area (Å²) in [7, 11) is 0. The third kappa shape index (κ3) is 5.31. The monoisotopic (exact) mass is 493 g/mol. The van der Waals surface area contributed by atoms with Crippen LogP contribution in [-0.4, -0.2) is 32.2 Å². The molecular weight excluding hydrogens is 466 g/mol. The van der Waals surface area contributed by atoms with Gasteiger partial charge in [-0.1, -0.05) is 29.8 Å². The van der Waals surface area contributed by atoms with Crippen molar-refractivity contribution in [3.05, 3.63) is 87.0 Å². The van der Waals surface area contributed by atoms with E-state index in [-0.39, 0.29) is 12.2 Å². The van der Waals surface area contributed by atoms with Crippen molar-refractivity contribution >= 4 is 28.6 Å². The Kier molecular flexibility index (Phi) is 7.38. The van der Waals surface area contributed by atoms with Gasteiger partial charge in [-0.25, -0.2) is 9.78 Å². The van der Waals surface area contributed by atoms with Crippen LogP contribution in [0.25, 0.3) is 11.0 Å². The lowest BCUT2D eigenvalue weighted by molar-refractivity contribution is 0.0693. The Morgan fingerprint density at radius 2 is 1.91 bits per heavy atom. The summed E-state index contributed by atoms with van der Waals surface area (Å²) < 4.78 is 13.6. The van der Waals surface area contributed by atoms with Gasteiger partial charge in [0.1, 0.15) is 18.2 Å². The number of pyridine rings is 1. The number of aromatic nitrogens is 3. The van der Waals surface area contributed by atoms with Crippen LogP contribution in [-0.2, 0) is 24.5 Å². The number of hydrogen-bond acceptors (Lipinski definition) is 5. The molecule has 4 rings (SSSR count). The highest BCUT2D eigenvalue weighted by atomic mass is 35.5. The average molecular weight is 494 g/mol. The van der Waals surface area contributed by atoms with E-state index in [1.54, 1.807) is 25.3 Å². The second-order valence-electron chi connectivity index (χ2n) is 8.47. The number of carboxylic acids is 1. The molecular formula is C27H28ClN3O4. The molecule has 0 aliphatic carbocycles. The lowest BCUT2D eigenvalue weighted by Gasteiger charge is -2.13. The minimum absolute atomic E-state index is 0.149. The summed E-state index contributed by atoms with van der Waals surface area (Å²) in [4.78, 5) is 21.0. The number of imidazole rings is 1. The molecule has 0 bridgehead atoms. The third-order valence-electron chi connectivity index (χ3n) is 5.93. The minimum Gasteiger partial charge on any atom is -0.489 e. The first-order valence-electron chi connectivity index (χ1n) is 11.4. The van der Waals surface area contributed by atoms with Gasteiger partial charge in [0.25, 0.3) is 0 Å². The molecule has 0 saturated heterocycles. The Hall–Kier alpha value is -3.42. The van der Waals surface area contributed by atoms with Gasteiger partial charge in [0.15, 0.2) is 0 Å². The normalized spacial score (nSPS) is 11.2. The number of fused-ring (bicyclic) bond motifs is 1. The van der Waals surface area contributed by atoms with E-state index in [1.807, 2.05) is 45.0 Å². The Morgan fingerprint density at radius 1 is 1.11 bits per heavy atom. The molecule has 7 nitrogen and oxygen atoms in total. The average Bonchev–Trinajstić information content (AvgIpc) is 3.13. The van der Waals surface area contributed by atoms with Crippen molar-refractivity contribution in [3.8, 4) is 5.75 Å². The molecule has 0 fully saturated rings. The number of ether oxygens (including phenoxy) is 2. The Balaban J connectivity index is 1.63. The lowest BCUT2D eigenvalue weighted by atomic mass is 10.0. The third-order valence-corrected chi connectivity index (χ3v) is 6.26. The van der Waals surface area contributed by atoms with Crippen LogP contribution in [0.5, 0.6) is 5.75 Å². The van der Waals surface area contributed by atoms with Gasteiger partial charge in [0.2, 0.25) is 0 Å². The predicted molar refractivity (Wildman–Crippen MR) is 135 cm³/mol. The highest BCUT2D eigenvalue weighted by Gasteiger charge is 2.16. The molecule has 0 saturated carbocycles. The molecule has 0 atom stereocenters. The fourth-order valence-corrected chi connectivity index (χ4v) is 4.39. The lowest BCUT2D eigenvalue weighted by Crippen LogP contribution is -2.08. The quantitative estimate of drug-likeness (QED) is 0.313. The van der Waals surface area contributed by atoms with Crippen LogP contribution in [0.4, 0.5) is 0 Å². The van der Waals surface area contributed by atoms with E-state index in [1.165, 1.54) is 0 Å². The molecule has 0 aliphatic heterocycles. The summed E-state index contributed by atoms with van der Waals surface area (Å²) in [5.41, 5.74) is 6.02. The van der Waals surface area contributed by atoms with Crippen molar-refractivity contribution in [1.82, 2.24) is 14.5 Å². The largest absolute Gasteiger partial charge is 0.489 e. The van der Waals surface area contributed by atoms with Crippen LogP contribution in [0.15, 0.2) is 42.6 Å². The zero-order chi connectivity index (χ0) is 25.1. The summed E-state index contributed by atoms with van der Waals surface area (Å²) in [6.07, 6.45) is 1.78. The van der Waals surface area contributed by atoms with E-state index in [2.05, 4.69) is 9.55 Å². The van der Waals surface area contributed by atoms with E-state index < -0.39 is 5.97 Å². The number of aryl methyl sites for hydroxylation is 3. The molecule has 182 valence electrons. The molecule has 2 aromatic heterocycles. The number of carboxylic acid groups (broad SMARTS) is 1. The number of nitrogens with zero attached hydrogens (tertiary/aromatic N) is 3. The smallest absolute Gasteiger partial charge is 0.336 e. The molecule has 0 radical (unpaired) electrons. The number of benzene rings is 2. The molecule has 1 N–H and O–H groups in total. The maximum atomic E-state index is 11.7. The van der Waals surface area contributed by atoms with Crippen LogP contribution in [0.1, 0.15) is 51.1 Å². The van der Waals surface area contributed by atoms with Gasteiger partial charge < -0.3 is 19.1 Å².